The van der Waals surface area contributed by atoms with Gasteiger partial charge in [0.1, 0.15) is 0 Å². The first-order valence-electron chi connectivity index (χ1n) is 9.69. The first-order chi connectivity index (χ1) is 11.0. The van der Waals surface area contributed by atoms with Gasteiger partial charge in [-0.1, -0.05) is 24.6 Å². The number of aliphatic hydroxyl groups excluding tert-OH is 2. The van der Waals surface area contributed by atoms with Crippen LogP contribution in [0, 0.1) is 28.6 Å². The number of fused-ring (bicyclic) bond motifs is 5. The molecule has 7 atom stereocenters. The van der Waals surface area contributed by atoms with E-state index in [1.54, 1.807) is 0 Å². The zero-order valence-corrected chi connectivity index (χ0v) is 14.5. The fourth-order valence-electron chi connectivity index (χ4n) is 7.15. The Labute approximate surface area is 140 Å². The van der Waals surface area contributed by atoms with Gasteiger partial charge in [0.2, 0.25) is 0 Å². The Bertz CT molecular complexity index is 524. The van der Waals surface area contributed by atoms with Crippen molar-refractivity contribution < 1.29 is 10.2 Å². The maximum atomic E-state index is 10.7. The lowest BCUT2D eigenvalue weighted by molar-refractivity contribution is -0.0842. The van der Waals surface area contributed by atoms with Gasteiger partial charge in [-0.05, 0) is 81.0 Å². The lowest BCUT2D eigenvalue weighted by Crippen LogP contribution is -2.52. The van der Waals surface area contributed by atoms with Gasteiger partial charge in [-0.2, -0.15) is 0 Å². The first-order valence-corrected chi connectivity index (χ1v) is 9.69. The zero-order valence-electron chi connectivity index (χ0n) is 14.5. The summed E-state index contributed by atoms with van der Waals surface area (Å²) in [7, 11) is 0. The van der Waals surface area contributed by atoms with Crippen LogP contribution in [0.3, 0.4) is 0 Å². The van der Waals surface area contributed by atoms with Crippen molar-refractivity contribution >= 4 is 0 Å². The van der Waals surface area contributed by atoms with E-state index < -0.39 is 0 Å². The second-order valence-electron chi connectivity index (χ2n) is 8.99. The Balaban J connectivity index is 1.67. The van der Waals surface area contributed by atoms with Gasteiger partial charge in [0.25, 0.3) is 0 Å². The van der Waals surface area contributed by atoms with Crippen molar-refractivity contribution in [2.45, 2.75) is 76.9 Å². The van der Waals surface area contributed by atoms with Gasteiger partial charge in [-0.3, -0.25) is 0 Å². The van der Waals surface area contributed by atoms with Crippen LogP contribution in [-0.4, -0.2) is 22.4 Å². The number of rotatable bonds is 2. The summed E-state index contributed by atoms with van der Waals surface area (Å²) in [6.45, 7) is 6.45. The SMILES string of the molecule is C=CC[C@]12CC[C@H]3[C@@H](CCC4=C[C@@H](O)CC[C@@]43C)[C@@H]1CC[C@@H]2O. The highest BCUT2D eigenvalue weighted by molar-refractivity contribution is 5.25. The van der Waals surface area contributed by atoms with Gasteiger partial charge >= 0.3 is 0 Å². The van der Waals surface area contributed by atoms with E-state index in [0.717, 1.165) is 50.4 Å². The normalized spacial score (nSPS) is 52.1. The maximum absolute atomic E-state index is 10.7. The molecule has 0 saturated heterocycles. The average Bonchev–Trinajstić information content (AvgIpc) is 2.86. The Morgan fingerprint density at radius 1 is 1.13 bits per heavy atom. The molecule has 0 aromatic carbocycles. The molecule has 4 rings (SSSR count). The molecule has 3 saturated carbocycles. The summed E-state index contributed by atoms with van der Waals surface area (Å²) in [6, 6.07) is 0. The topological polar surface area (TPSA) is 40.5 Å². The Hall–Kier alpha value is -0.600. The maximum Gasteiger partial charge on any atom is 0.0724 e. The van der Waals surface area contributed by atoms with Gasteiger partial charge in [0.15, 0.2) is 0 Å². The highest BCUT2D eigenvalue weighted by atomic mass is 16.3. The molecular formula is C21H32O2. The van der Waals surface area contributed by atoms with Gasteiger partial charge in [0.05, 0.1) is 12.2 Å². The van der Waals surface area contributed by atoms with Crippen LogP contribution in [0.2, 0.25) is 0 Å². The van der Waals surface area contributed by atoms with Crippen molar-refractivity contribution in [3.63, 3.8) is 0 Å². The van der Waals surface area contributed by atoms with Crippen LogP contribution < -0.4 is 0 Å². The van der Waals surface area contributed by atoms with Crippen molar-refractivity contribution in [2.24, 2.45) is 28.6 Å². The molecule has 0 aliphatic heterocycles. The van der Waals surface area contributed by atoms with Crippen LogP contribution in [0.25, 0.3) is 0 Å². The highest BCUT2D eigenvalue weighted by Gasteiger charge is 2.59. The van der Waals surface area contributed by atoms with Gasteiger partial charge < -0.3 is 10.2 Å². The lowest BCUT2D eigenvalue weighted by Gasteiger charge is -2.58. The van der Waals surface area contributed by atoms with Crippen LogP contribution in [0.4, 0.5) is 0 Å². The molecule has 0 unspecified atom stereocenters. The first kappa shape index (κ1) is 15.9. The third-order valence-corrected chi connectivity index (χ3v) is 8.28. The van der Waals surface area contributed by atoms with Crippen LogP contribution in [0.5, 0.6) is 0 Å². The predicted molar refractivity (Wildman–Crippen MR) is 92.9 cm³/mol. The highest BCUT2D eigenvalue weighted by Crippen LogP contribution is 2.66. The summed E-state index contributed by atoms with van der Waals surface area (Å²) in [6.07, 6.45) is 14.0. The van der Waals surface area contributed by atoms with E-state index in [1.165, 1.54) is 24.8 Å². The second kappa shape index (κ2) is 5.46. The monoisotopic (exact) mass is 316 g/mol. The summed E-state index contributed by atoms with van der Waals surface area (Å²) in [5.41, 5.74) is 1.96. The third kappa shape index (κ3) is 2.14. The minimum Gasteiger partial charge on any atom is -0.393 e. The van der Waals surface area contributed by atoms with Gasteiger partial charge in [0, 0.05) is 5.41 Å². The molecule has 0 heterocycles. The van der Waals surface area contributed by atoms with E-state index in [2.05, 4.69) is 25.7 Å². The third-order valence-electron chi connectivity index (χ3n) is 8.28. The smallest absolute Gasteiger partial charge is 0.0724 e. The molecule has 0 radical (unpaired) electrons. The Morgan fingerprint density at radius 3 is 2.74 bits per heavy atom. The van der Waals surface area contributed by atoms with Crippen molar-refractivity contribution in [2.75, 3.05) is 0 Å². The molecule has 0 aromatic heterocycles. The van der Waals surface area contributed by atoms with E-state index in [-0.39, 0.29) is 17.6 Å². The number of aliphatic hydroxyl groups is 2. The molecule has 3 fully saturated rings. The van der Waals surface area contributed by atoms with Gasteiger partial charge in [-0.25, -0.2) is 0 Å². The van der Waals surface area contributed by atoms with Crippen LogP contribution in [-0.2, 0) is 0 Å². The van der Waals surface area contributed by atoms with E-state index in [9.17, 15) is 10.2 Å². The molecule has 2 nitrogen and oxygen atoms in total. The van der Waals surface area contributed by atoms with Gasteiger partial charge in [-0.15, -0.1) is 6.58 Å². The predicted octanol–water partition coefficient (Wildman–Crippen LogP) is 4.23. The standard InChI is InChI=1S/C21H32O2/c1-3-10-21-12-9-17-16(18(21)6-7-19(21)23)5-4-14-13-15(22)8-11-20(14,17)2/h3,13,15-19,22-23H,1,4-12H2,2H3/t15-,16+,17-,18-,19-,20-,21-/m0/s1. The summed E-state index contributed by atoms with van der Waals surface area (Å²) < 4.78 is 0. The second-order valence-corrected chi connectivity index (χ2v) is 8.99. The molecule has 0 aromatic rings. The average molecular weight is 316 g/mol. The molecule has 23 heavy (non-hydrogen) atoms. The number of allylic oxidation sites excluding steroid dienone is 2. The summed E-state index contributed by atoms with van der Waals surface area (Å²) in [5.74, 6) is 2.20. The minimum atomic E-state index is -0.216. The molecule has 128 valence electrons. The zero-order chi connectivity index (χ0) is 16.2. The van der Waals surface area contributed by atoms with Crippen molar-refractivity contribution in [1.29, 1.82) is 0 Å². The molecule has 2 heteroatoms. The van der Waals surface area contributed by atoms with Crippen LogP contribution in [0.1, 0.15) is 64.7 Å². The fourth-order valence-corrected chi connectivity index (χ4v) is 7.15. The van der Waals surface area contributed by atoms with Crippen molar-refractivity contribution in [3.05, 3.63) is 24.3 Å². The summed E-state index contributed by atoms with van der Waals surface area (Å²) >= 11 is 0. The molecule has 2 N–H and O–H groups in total. The van der Waals surface area contributed by atoms with Crippen molar-refractivity contribution in [1.82, 2.24) is 0 Å². The van der Waals surface area contributed by atoms with E-state index in [4.69, 9.17) is 0 Å². The molecule has 0 spiro atoms. The van der Waals surface area contributed by atoms with Crippen LogP contribution >= 0.6 is 0 Å². The molecule has 0 bridgehead atoms. The molecule has 4 aliphatic carbocycles. The largest absolute Gasteiger partial charge is 0.393 e. The van der Waals surface area contributed by atoms with Crippen LogP contribution in [0.15, 0.2) is 24.3 Å². The minimum absolute atomic E-state index is 0.120. The summed E-state index contributed by atoms with van der Waals surface area (Å²) in [4.78, 5) is 0. The number of hydrogen-bond donors (Lipinski definition) is 2. The summed E-state index contributed by atoms with van der Waals surface area (Å²) in [5, 5.41) is 20.8. The number of hydrogen-bond acceptors (Lipinski definition) is 2. The van der Waals surface area contributed by atoms with Crippen molar-refractivity contribution in [3.8, 4) is 0 Å². The Kier molecular flexibility index (Phi) is 3.77. The Morgan fingerprint density at radius 2 is 1.96 bits per heavy atom. The molecule has 0 amide bonds. The molecule has 4 aliphatic rings. The van der Waals surface area contributed by atoms with E-state index >= 15 is 0 Å². The quantitative estimate of drug-likeness (QED) is 0.749. The fraction of sp³-hybridized carbons (Fsp3) is 0.810. The lowest BCUT2D eigenvalue weighted by atomic mass is 9.46. The molecular weight excluding hydrogens is 284 g/mol. The van der Waals surface area contributed by atoms with E-state index in [0.29, 0.717) is 11.3 Å². The van der Waals surface area contributed by atoms with E-state index in [1.807, 2.05) is 0 Å².